The van der Waals surface area contributed by atoms with Crippen molar-refractivity contribution in [3.8, 4) is 0 Å². The number of thiazole rings is 2. The van der Waals surface area contributed by atoms with E-state index in [0.717, 1.165) is 110 Å². The van der Waals surface area contributed by atoms with Gasteiger partial charge in [-0.2, -0.15) is 10.2 Å². The fourth-order valence-corrected chi connectivity index (χ4v) is 12.5. The standard InChI is InChI=1S/C29H35N7O3S.C24H27N7O2S/c1-18-7-9-23(19-8-10-24-21(12-19)32-25(40-24)17-34(2)3)35(16-18)29(38)28(37)33-22-15-30-13-20-14-31-36(27(20)22)26-6-4-5-11-39-26;1-14-4-6-19(15-5-7-20-17(8-15)27-21(34-20)13-30(2)3)31(12-14)24(33)23(32)28-18-11-25-9-16-10-26-29-22(16)18/h8,10,12-15,18,23,26H,4-7,9,11,16-17H2,1-3H3,(H,33,37);5,7-11,14,19H,4,6,12-13H2,1-3H3,(H,26,29)(H,28,32)/t18-,23+,26?;14-,19+/m00/s1. The minimum atomic E-state index is -0.675. The van der Waals surface area contributed by atoms with Crippen LogP contribution in [0, 0.1) is 11.8 Å². The third-order valence-electron chi connectivity index (χ3n) is 13.9. The van der Waals surface area contributed by atoms with Gasteiger partial charge in [0.05, 0.1) is 79.7 Å². The highest BCUT2D eigenvalue weighted by Gasteiger charge is 2.37. The van der Waals surface area contributed by atoms with Crippen LogP contribution in [0.3, 0.4) is 0 Å². The van der Waals surface area contributed by atoms with Crippen LogP contribution in [0.2, 0.25) is 0 Å². The van der Waals surface area contributed by atoms with E-state index in [-0.39, 0.29) is 18.3 Å². The molecule has 0 aliphatic carbocycles. The van der Waals surface area contributed by atoms with Gasteiger partial charge in [-0.25, -0.2) is 14.6 Å². The Balaban J connectivity index is 0.000000172. The summed E-state index contributed by atoms with van der Waals surface area (Å²) in [7, 11) is 8.11. The number of aromatic nitrogens is 8. The van der Waals surface area contributed by atoms with E-state index < -0.39 is 23.6 Å². The van der Waals surface area contributed by atoms with Gasteiger partial charge in [0.2, 0.25) is 0 Å². The number of nitrogens with one attached hydrogen (secondary N) is 3. The summed E-state index contributed by atoms with van der Waals surface area (Å²) >= 11 is 3.37. The van der Waals surface area contributed by atoms with E-state index in [1.54, 1.807) is 68.1 Å². The van der Waals surface area contributed by atoms with Gasteiger partial charge in [0.25, 0.3) is 0 Å². The predicted molar refractivity (Wildman–Crippen MR) is 287 cm³/mol. The first-order chi connectivity index (χ1) is 35.8. The number of fused-ring (bicyclic) bond motifs is 4. The molecule has 0 bridgehead atoms. The van der Waals surface area contributed by atoms with Crippen LogP contribution in [0.1, 0.15) is 98.2 Å². The van der Waals surface area contributed by atoms with Crippen LogP contribution in [-0.2, 0) is 37.0 Å². The number of benzene rings is 2. The van der Waals surface area contributed by atoms with Gasteiger partial charge in [-0.05, 0) is 120 Å². The Morgan fingerprint density at radius 2 is 1.23 bits per heavy atom. The summed E-state index contributed by atoms with van der Waals surface area (Å²) in [6.07, 6.45) is 16.1. The summed E-state index contributed by atoms with van der Waals surface area (Å²) in [5.74, 6) is -1.81. The second-order valence-corrected chi connectivity index (χ2v) is 22.7. The van der Waals surface area contributed by atoms with Crippen LogP contribution in [0.15, 0.2) is 73.6 Å². The van der Waals surface area contributed by atoms with Gasteiger partial charge < -0.3 is 35.0 Å². The van der Waals surface area contributed by atoms with E-state index in [1.165, 1.54) is 6.20 Å². The topological polar surface area (TPSA) is 213 Å². The first-order valence-corrected chi connectivity index (χ1v) is 26.9. The third-order valence-corrected chi connectivity index (χ3v) is 15.9. The normalized spacial score (nSPS) is 20.4. The first kappa shape index (κ1) is 50.7. The molecule has 6 aromatic heterocycles. The molecule has 8 aromatic rings. The molecule has 4 amide bonds. The maximum absolute atomic E-state index is 13.7. The molecule has 0 saturated carbocycles. The monoisotopic (exact) mass is 1040 g/mol. The van der Waals surface area contributed by atoms with Crippen molar-refractivity contribution in [2.24, 2.45) is 11.8 Å². The molecule has 3 aliphatic heterocycles. The number of nitrogens with zero attached hydrogens (tertiary/aromatic N) is 11. The van der Waals surface area contributed by atoms with Crippen molar-refractivity contribution in [2.75, 3.05) is 58.5 Å². The average molecular weight is 1040 g/mol. The number of anilines is 2. The first-order valence-electron chi connectivity index (χ1n) is 25.3. The molecule has 3 aliphatic rings. The van der Waals surface area contributed by atoms with Gasteiger partial charge in [-0.1, -0.05) is 26.0 Å². The van der Waals surface area contributed by atoms with Crippen LogP contribution < -0.4 is 10.6 Å². The lowest BCUT2D eigenvalue weighted by atomic mass is 9.89. The van der Waals surface area contributed by atoms with E-state index >= 15 is 0 Å². The molecule has 386 valence electrons. The van der Waals surface area contributed by atoms with Crippen molar-refractivity contribution in [3.05, 3.63) is 94.7 Å². The molecular weight excluding hydrogens is 977 g/mol. The molecule has 1 unspecified atom stereocenters. The van der Waals surface area contributed by atoms with E-state index in [1.807, 2.05) is 28.2 Å². The molecule has 9 heterocycles. The van der Waals surface area contributed by atoms with Crippen LogP contribution in [0.5, 0.6) is 0 Å². The number of ether oxygens (including phenoxy) is 1. The van der Waals surface area contributed by atoms with Gasteiger partial charge in [-0.3, -0.25) is 34.2 Å². The Hall–Kier alpha value is -6.78. The quantitative estimate of drug-likeness (QED) is 0.116. The molecule has 21 heteroatoms. The van der Waals surface area contributed by atoms with E-state index in [2.05, 4.69) is 95.9 Å². The van der Waals surface area contributed by atoms with Crippen molar-refractivity contribution in [3.63, 3.8) is 0 Å². The van der Waals surface area contributed by atoms with Crippen molar-refractivity contribution < 1.29 is 23.9 Å². The third kappa shape index (κ3) is 11.0. The average Bonchev–Trinajstić information content (AvgIpc) is 4.22. The Morgan fingerprint density at radius 1 is 0.676 bits per heavy atom. The number of carbonyl (C=O) groups excluding carboxylic acids is 4. The molecule has 3 fully saturated rings. The molecule has 0 radical (unpaired) electrons. The summed E-state index contributed by atoms with van der Waals surface area (Å²) in [5, 5.41) is 20.6. The lowest BCUT2D eigenvalue weighted by Gasteiger charge is -2.38. The van der Waals surface area contributed by atoms with Gasteiger partial charge >= 0.3 is 23.6 Å². The molecule has 2 aromatic carbocycles. The number of piperidine rings is 2. The summed E-state index contributed by atoms with van der Waals surface area (Å²) in [6, 6.07) is 12.1. The van der Waals surface area contributed by atoms with Crippen molar-refractivity contribution in [1.29, 1.82) is 0 Å². The summed E-state index contributed by atoms with van der Waals surface area (Å²) < 4.78 is 10.00. The smallest absolute Gasteiger partial charge is 0.314 e. The molecular formula is C53H62N14O5S2. The van der Waals surface area contributed by atoms with Crippen LogP contribution in [-0.4, -0.2) is 131 Å². The number of amides is 4. The lowest BCUT2D eigenvalue weighted by molar-refractivity contribution is -0.146. The SMILES string of the molecule is C[C@H]1CC[C@H](c2ccc3sc(CN(C)C)nc3c2)N(C(=O)C(=O)Nc2cncc3cn[nH]c23)C1.C[C@H]1CC[C@H](c2ccc3sc(CN(C)C)nc3c2)N(C(=O)C(=O)Nc2cncc3cnn(C4CCCCO4)c23)C1. The van der Waals surface area contributed by atoms with E-state index in [0.29, 0.717) is 53.9 Å². The molecule has 5 atom stereocenters. The Kier molecular flexibility index (Phi) is 15.1. The summed E-state index contributed by atoms with van der Waals surface area (Å²) in [5.41, 5.74) is 6.15. The van der Waals surface area contributed by atoms with Crippen LogP contribution in [0.4, 0.5) is 11.4 Å². The fourth-order valence-electron chi connectivity index (χ4n) is 10.3. The largest absolute Gasteiger partial charge is 0.356 e. The molecule has 11 rings (SSSR count). The van der Waals surface area contributed by atoms with Gasteiger partial charge in [0.15, 0.2) is 6.23 Å². The fraction of sp³-hybridized carbons (Fsp3) is 0.434. The van der Waals surface area contributed by atoms with Gasteiger partial charge in [-0.15, -0.1) is 22.7 Å². The number of likely N-dealkylation sites (tertiary alicyclic amines) is 2. The maximum atomic E-state index is 13.7. The Bertz CT molecular complexity index is 3340. The molecule has 74 heavy (non-hydrogen) atoms. The molecule has 3 saturated heterocycles. The second kappa shape index (κ2) is 22.0. The lowest BCUT2D eigenvalue weighted by Crippen LogP contribution is -2.46. The zero-order valence-corrected chi connectivity index (χ0v) is 44.2. The number of H-pyrrole nitrogens is 1. The summed E-state index contributed by atoms with van der Waals surface area (Å²) in [6.45, 7) is 7.54. The Labute approximate surface area is 436 Å². The maximum Gasteiger partial charge on any atom is 0.314 e. The zero-order chi connectivity index (χ0) is 51.6. The number of aromatic amines is 1. The van der Waals surface area contributed by atoms with Gasteiger partial charge in [0.1, 0.15) is 10.0 Å². The second-order valence-electron chi connectivity index (χ2n) is 20.4. The highest BCUT2D eigenvalue weighted by Crippen LogP contribution is 2.38. The minimum absolute atomic E-state index is 0.168. The Morgan fingerprint density at radius 3 is 1.78 bits per heavy atom. The highest BCUT2D eigenvalue weighted by molar-refractivity contribution is 7.18. The number of pyridine rings is 2. The van der Waals surface area contributed by atoms with Crippen molar-refractivity contribution in [1.82, 2.24) is 59.5 Å². The van der Waals surface area contributed by atoms with E-state index in [9.17, 15) is 19.2 Å². The molecule has 0 spiro atoms. The molecule has 19 nitrogen and oxygen atoms in total. The van der Waals surface area contributed by atoms with Crippen molar-refractivity contribution in [2.45, 2.75) is 90.2 Å². The van der Waals surface area contributed by atoms with Gasteiger partial charge in [0, 0.05) is 56.0 Å². The number of hydrogen-bond donors (Lipinski definition) is 3. The van der Waals surface area contributed by atoms with E-state index in [4.69, 9.17) is 14.7 Å². The molecule has 3 N–H and O–H groups in total. The van der Waals surface area contributed by atoms with Crippen molar-refractivity contribution >= 4 is 99.9 Å². The number of carbonyl (C=O) groups is 4. The highest BCUT2D eigenvalue weighted by atomic mass is 32.1. The zero-order valence-electron chi connectivity index (χ0n) is 42.6. The van der Waals surface area contributed by atoms with Crippen LogP contribution in [0.25, 0.3) is 42.2 Å². The predicted octanol–water partition coefficient (Wildman–Crippen LogP) is 8.31. The number of hydrogen-bond acceptors (Lipinski definition) is 15. The number of rotatable bonds is 9. The minimum Gasteiger partial charge on any atom is -0.356 e. The van der Waals surface area contributed by atoms with Crippen LogP contribution >= 0.6 is 22.7 Å². The summed E-state index contributed by atoms with van der Waals surface area (Å²) in [4.78, 5) is 79.2.